The summed E-state index contributed by atoms with van der Waals surface area (Å²) in [5.41, 5.74) is 0.116. The lowest BCUT2D eigenvalue weighted by atomic mass is 9.95. The number of anilines is 1. The van der Waals surface area contributed by atoms with E-state index >= 15 is 0 Å². The number of amides is 1. The number of methoxy groups -OCH3 is 1. The number of hydrogen-bond acceptors (Lipinski definition) is 5. The van der Waals surface area contributed by atoms with Gasteiger partial charge in [0.2, 0.25) is 0 Å². The first-order valence-electron chi connectivity index (χ1n) is 10.7. The molecule has 0 spiro atoms. The average molecular weight is 534 g/mol. The quantitative estimate of drug-likeness (QED) is 0.228. The second kappa shape index (κ2) is 10.2. The molecule has 0 aromatic heterocycles. The van der Waals surface area contributed by atoms with E-state index in [2.05, 4.69) is 0 Å². The van der Waals surface area contributed by atoms with Crippen molar-refractivity contribution in [2.24, 2.45) is 0 Å². The molecule has 0 bridgehead atoms. The van der Waals surface area contributed by atoms with Gasteiger partial charge in [0, 0.05) is 17.3 Å². The molecule has 0 radical (unpaired) electrons. The Kier molecular flexibility index (Phi) is 7.19. The maximum atomic E-state index is 14.1. The van der Waals surface area contributed by atoms with Crippen molar-refractivity contribution in [1.82, 2.24) is 0 Å². The van der Waals surface area contributed by atoms with E-state index in [4.69, 9.17) is 32.7 Å². The summed E-state index contributed by atoms with van der Waals surface area (Å²) in [6, 6.07) is 10.8. The highest BCUT2D eigenvalue weighted by Crippen LogP contribution is 2.44. The number of nitrogens with zero attached hydrogens (tertiary/aromatic N) is 1. The Bertz CT molecular complexity index is 1370. The molecule has 1 N–H and O–H groups in total. The molecule has 1 aliphatic heterocycles. The molecule has 1 saturated heterocycles. The van der Waals surface area contributed by atoms with Crippen LogP contribution in [0.4, 0.5) is 14.5 Å². The molecule has 186 valence electrons. The van der Waals surface area contributed by atoms with E-state index in [9.17, 15) is 23.5 Å². The van der Waals surface area contributed by atoms with Gasteiger partial charge in [-0.05, 0) is 48.9 Å². The minimum atomic E-state index is -1.20. The summed E-state index contributed by atoms with van der Waals surface area (Å²) >= 11 is 12.4. The number of Topliss-reactive ketones (excluding diaryl/α,β-unsaturated/α-hetero) is 1. The number of rotatable bonds is 6. The van der Waals surface area contributed by atoms with E-state index in [0.29, 0.717) is 17.9 Å². The lowest BCUT2D eigenvalue weighted by Crippen LogP contribution is -2.29. The molecule has 0 aliphatic carbocycles. The molecule has 3 aromatic carbocycles. The number of hydrogen-bond donors (Lipinski definition) is 1. The second-order valence-electron chi connectivity index (χ2n) is 7.74. The van der Waals surface area contributed by atoms with Gasteiger partial charge in [0.1, 0.15) is 11.5 Å². The number of halogens is 4. The highest BCUT2D eigenvalue weighted by molar-refractivity contribution is 6.51. The fraction of sp³-hybridized carbons (Fsp3) is 0.154. The monoisotopic (exact) mass is 533 g/mol. The lowest BCUT2D eigenvalue weighted by Gasteiger charge is -2.25. The van der Waals surface area contributed by atoms with Crippen molar-refractivity contribution < 1.29 is 33.0 Å². The molecule has 6 nitrogen and oxygen atoms in total. The third-order valence-corrected chi connectivity index (χ3v) is 6.17. The van der Waals surface area contributed by atoms with Crippen LogP contribution in [0.15, 0.2) is 60.2 Å². The van der Waals surface area contributed by atoms with Crippen molar-refractivity contribution in [2.45, 2.75) is 13.0 Å². The molecule has 10 heteroatoms. The Balaban J connectivity index is 1.94. The predicted molar refractivity (Wildman–Crippen MR) is 132 cm³/mol. The third-order valence-electron chi connectivity index (χ3n) is 5.61. The van der Waals surface area contributed by atoms with E-state index < -0.39 is 35.1 Å². The Morgan fingerprint density at radius 3 is 2.19 bits per heavy atom. The zero-order chi connectivity index (χ0) is 26.1. The zero-order valence-corrected chi connectivity index (χ0v) is 20.5. The molecule has 1 unspecified atom stereocenters. The van der Waals surface area contributed by atoms with E-state index in [-0.39, 0.29) is 32.6 Å². The van der Waals surface area contributed by atoms with E-state index in [1.54, 1.807) is 24.3 Å². The Hall–Kier alpha value is -3.62. The number of ketones is 1. The first kappa shape index (κ1) is 25.5. The van der Waals surface area contributed by atoms with Gasteiger partial charge in [0.15, 0.2) is 17.4 Å². The molecule has 1 heterocycles. The summed E-state index contributed by atoms with van der Waals surface area (Å²) in [4.78, 5) is 27.4. The third kappa shape index (κ3) is 4.50. The van der Waals surface area contributed by atoms with E-state index in [0.717, 1.165) is 17.0 Å². The Morgan fingerprint density at radius 2 is 1.64 bits per heavy atom. The normalized spacial score (nSPS) is 16.9. The lowest BCUT2D eigenvalue weighted by molar-refractivity contribution is -0.132. The van der Waals surface area contributed by atoms with Crippen molar-refractivity contribution in [3.63, 3.8) is 0 Å². The van der Waals surface area contributed by atoms with E-state index in [1.807, 2.05) is 6.92 Å². The van der Waals surface area contributed by atoms with Crippen LogP contribution in [-0.2, 0) is 9.59 Å². The van der Waals surface area contributed by atoms with Gasteiger partial charge in [-0.25, -0.2) is 8.78 Å². The van der Waals surface area contributed by atoms with Crippen LogP contribution in [0.3, 0.4) is 0 Å². The average Bonchev–Trinajstić information content (AvgIpc) is 3.11. The molecule has 1 fully saturated rings. The first-order chi connectivity index (χ1) is 17.2. The molecule has 36 heavy (non-hydrogen) atoms. The summed E-state index contributed by atoms with van der Waals surface area (Å²) in [7, 11) is 1.37. The van der Waals surface area contributed by atoms with Crippen molar-refractivity contribution in [1.29, 1.82) is 0 Å². The van der Waals surface area contributed by atoms with Gasteiger partial charge < -0.3 is 14.6 Å². The van der Waals surface area contributed by atoms with Gasteiger partial charge >= 0.3 is 0 Å². The smallest absolute Gasteiger partial charge is 0.300 e. The zero-order valence-electron chi connectivity index (χ0n) is 19.0. The summed E-state index contributed by atoms with van der Waals surface area (Å²) in [6.07, 6.45) is 0. The van der Waals surface area contributed by atoms with Crippen LogP contribution in [0, 0.1) is 11.6 Å². The molecular formula is C26H19Cl2F2NO5. The number of carbonyl (C=O) groups excluding carboxylic acids is 2. The maximum Gasteiger partial charge on any atom is 0.300 e. The highest BCUT2D eigenvalue weighted by Gasteiger charge is 2.47. The van der Waals surface area contributed by atoms with Gasteiger partial charge in [-0.3, -0.25) is 14.5 Å². The Morgan fingerprint density at radius 1 is 1.00 bits per heavy atom. The SMILES string of the molecule is CCOc1ccc(C2/C(=C(\O)c3cc(Cl)c(OC)c(Cl)c3)C(=O)C(=O)N2c2ccc(F)c(F)c2)cc1. The maximum absolute atomic E-state index is 14.1. The molecule has 4 rings (SSSR count). The number of carbonyl (C=O) groups is 2. The summed E-state index contributed by atoms with van der Waals surface area (Å²) in [6.45, 7) is 2.24. The molecule has 1 amide bonds. The second-order valence-corrected chi connectivity index (χ2v) is 8.56. The summed E-state index contributed by atoms with van der Waals surface area (Å²) < 4.78 is 38.3. The van der Waals surface area contributed by atoms with Crippen LogP contribution in [-0.4, -0.2) is 30.5 Å². The predicted octanol–water partition coefficient (Wildman–Crippen LogP) is 6.31. The highest BCUT2D eigenvalue weighted by atomic mass is 35.5. The topological polar surface area (TPSA) is 76.1 Å². The van der Waals surface area contributed by atoms with Crippen LogP contribution in [0.25, 0.3) is 5.76 Å². The summed E-state index contributed by atoms with van der Waals surface area (Å²) in [5.74, 6) is -4.22. The van der Waals surface area contributed by atoms with Gasteiger partial charge in [0.05, 0.1) is 35.4 Å². The number of aliphatic hydroxyl groups excluding tert-OH is 1. The van der Waals surface area contributed by atoms with Crippen LogP contribution in [0.2, 0.25) is 10.0 Å². The van der Waals surface area contributed by atoms with E-state index in [1.165, 1.54) is 25.3 Å². The minimum Gasteiger partial charge on any atom is -0.507 e. The number of aliphatic hydroxyl groups is 1. The van der Waals surface area contributed by atoms with Crippen molar-refractivity contribution in [3.05, 3.63) is 93.0 Å². The van der Waals surface area contributed by atoms with Crippen LogP contribution >= 0.6 is 23.2 Å². The number of benzene rings is 3. The Labute approximate surface area is 215 Å². The van der Waals surface area contributed by atoms with Gasteiger partial charge in [-0.1, -0.05) is 35.3 Å². The fourth-order valence-corrected chi connectivity index (χ4v) is 4.65. The molecule has 0 saturated carbocycles. The summed E-state index contributed by atoms with van der Waals surface area (Å²) in [5, 5.41) is 11.4. The molecular weight excluding hydrogens is 515 g/mol. The minimum absolute atomic E-state index is 0.0602. The largest absolute Gasteiger partial charge is 0.507 e. The van der Waals surface area contributed by atoms with Gasteiger partial charge in [-0.15, -0.1) is 0 Å². The first-order valence-corrected chi connectivity index (χ1v) is 11.5. The van der Waals surface area contributed by atoms with Crippen molar-refractivity contribution >= 4 is 46.3 Å². The van der Waals surface area contributed by atoms with Crippen LogP contribution < -0.4 is 14.4 Å². The van der Waals surface area contributed by atoms with Gasteiger partial charge in [-0.2, -0.15) is 0 Å². The molecule has 1 atom stereocenters. The van der Waals surface area contributed by atoms with Crippen LogP contribution in [0.5, 0.6) is 11.5 Å². The molecule has 1 aliphatic rings. The number of ether oxygens (including phenoxy) is 2. The van der Waals surface area contributed by atoms with Gasteiger partial charge in [0.25, 0.3) is 11.7 Å². The standard InChI is InChI=1S/C26H19Cl2F2NO5/c1-3-36-16-7-4-13(5-8-16)22-21(23(32)14-10-17(27)25(35-2)18(28)11-14)24(33)26(34)31(22)15-6-9-19(29)20(30)12-15/h4-12,22,32H,3H2,1-2H3/b23-21+. The van der Waals surface area contributed by atoms with Crippen molar-refractivity contribution in [2.75, 3.05) is 18.6 Å². The fourth-order valence-electron chi connectivity index (χ4n) is 4.01. The molecule has 3 aromatic rings. The van der Waals surface area contributed by atoms with Crippen molar-refractivity contribution in [3.8, 4) is 11.5 Å². The van der Waals surface area contributed by atoms with Crippen LogP contribution in [0.1, 0.15) is 24.1 Å².